The molecule has 3 N–H and O–H groups in total. The van der Waals surface area contributed by atoms with Crippen molar-refractivity contribution in [2.24, 2.45) is 16.8 Å². The van der Waals surface area contributed by atoms with Crippen LogP contribution in [0.2, 0.25) is 0 Å². The van der Waals surface area contributed by atoms with Crippen molar-refractivity contribution in [1.82, 2.24) is 4.98 Å². The van der Waals surface area contributed by atoms with Crippen LogP contribution in [0.25, 0.3) is 0 Å². The zero-order chi connectivity index (χ0) is 14.2. The van der Waals surface area contributed by atoms with Gasteiger partial charge in [-0.2, -0.15) is 0 Å². The van der Waals surface area contributed by atoms with E-state index >= 15 is 0 Å². The van der Waals surface area contributed by atoms with E-state index in [1.165, 1.54) is 12.8 Å². The lowest BCUT2D eigenvalue weighted by Gasteiger charge is -2.29. The second-order valence-corrected chi connectivity index (χ2v) is 5.42. The Morgan fingerprint density at radius 1 is 1.53 bits per heavy atom. The molecule has 1 atom stereocenters. The maximum Gasteiger partial charge on any atom is 0.174 e. The van der Waals surface area contributed by atoms with Crippen molar-refractivity contribution < 1.29 is 5.21 Å². The van der Waals surface area contributed by atoms with E-state index in [9.17, 15) is 0 Å². The molecule has 0 saturated heterocycles. The lowest BCUT2D eigenvalue weighted by molar-refractivity contribution is 0.318. The normalized spacial score (nSPS) is 17.4. The third kappa shape index (κ3) is 2.64. The SMILES string of the molecule is Cc1cc(N(C)C(C)C2CC2)c(/C(N)=N/O)c(C)n1. The Morgan fingerprint density at radius 2 is 2.16 bits per heavy atom. The predicted octanol–water partition coefficient (Wildman–Crippen LogP) is 2.03. The topological polar surface area (TPSA) is 74.7 Å². The summed E-state index contributed by atoms with van der Waals surface area (Å²) in [4.78, 5) is 6.62. The molecule has 0 aromatic carbocycles. The minimum absolute atomic E-state index is 0.120. The van der Waals surface area contributed by atoms with E-state index in [1.54, 1.807) is 0 Å². The summed E-state index contributed by atoms with van der Waals surface area (Å²) in [6.45, 7) is 6.07. The summed E-state index contributed by atoms with van der Waals surface area (Å²) in [7, 11) is 2.06. The molecule has 19 heavy (non-hydrogen) atoms. The van der Waals surface area contributed by atoms with Gasteiger partial charge < -0.3 is 15.8 Å². The molecule has 5 nitrogen and oxygen atoms in total. The molecule has 0 aliphatic heterocycles. The molecule has 1 aliphatic carbocycles. The van der Waals surface area contributed by atoms with Crippen LogP contribution >= 0.6 is 0 Å². The van der Waals surface area contributed by atoms with E-state index in [0.717, 1.165) is 28.6 Å². The Hall–Kier alpha value is -1.78. The minimum atomic E-state index is 0.120. The molecule has 2 rings (SSSR count). The van der Waals surface area contributed by atoms with E-state index in [1.807, 2.05) is 19.9 Å². The molecule has 1 unspecified atom stereocenters. The molecule has 1 aliphatic rings. The van der Waals surface area contributed by atoms with Crippen molar-refractivity contribution in [2.75, 3.05) is 11.9 Å². The van der Waals surface area contributed by atoms with Crippen LogP contribution in [-0.4, -0.2) is 29.1 Å². The van der Waals surface area contributed by atoms with Crippen LogP contribution in [0.4, 0.5) is 5.69 Å². The number of pyridine rings is 1. The summed E-state index contributed by atoms with van der Waals surface area (Å²) in [6, 6.07) is 2.45. The van der Waals surface area contributed by atoms with Crippen LogP contribution in [0.3, 0.4) is 0 Å². The summed E-state index contributed by atoms with van der Waals surface area (Å²) in [6.07, 6.45) is 2.57. The fraction of sp³-hybridized carbons (Fsp3) is 0.571. The van der Waals surface area contributed by atoms with Crippen molar-refractivity contribution in [2.45, 2.75) is 39.7 Å². The van der Waals surface area contributed by atoms with E-state index in [0.29, 0.717) is 6.04 Å². The largest absolute Gasteiger partial charge is 0.409 e. The Balaban J connectivity index is 2.47. The maximum absolute atomic E-state index is 8.96. The van der Waals surface area contributed by atoms with Crippen LogP contribution < -0.4 is 10.6 Å². The van der Waals surface area contributed by atoms with Gasteiger partial charge in [0.15, 0.2) is 5.84 Å². The van der Waals surface area contributed by atoms with Gasteiger partial charge >= 0.3 is 0 Å². The maximum atomic E-state index is 8.96. The highest BCUT2D eigenvalue weighted by molar-refractivity contribution is 6.03. The van der Waals surface area contributed by atoms with Crippen molar-refractivity contribution in [3.05, 3.63) is 23.0 Å². The van der Waals surface area contributed by atoms with Gasteiger partial charge in [-0.3, -0.25) is 4.98 Å². The van der Waals surface area contributed by atoms with Crippen LogP contribution in [0.5, 0.6) is 0 Å². The molecule has 1 saturated carbocycles. The molecule has 0 bridgehead atoms. The number of oxime groups is 1. The summed E-state index contributed by atoms with van der Waals surface area (Å²) < 4.78 is 0. The van der Waals surface area contributed by atoms with Crippen molar-refractivity contribution >= 4 is 11.5 Å². The third-order valence-corrected chi connectivity index (χ3v) is 3.97. The van der Waals surface area contributed by atoms with Gasteiger partial charge in [0, 0.05) is 18.8 Å². The molecular formula is C14H22N4O. The number of nitrogens with two attached hydrogens (primary N) is 1. The van der Waals surface area contributed by atoms with Crippen molar-refractivity contribution in [1.29, 1.82) is 0 Å². The molecular weight excluding hydrogens is 240 g/mol. The first-order valence-corrected chi connectivity index (χ1v) is 6.64. The summed E-state index contributed by atoms with van der Waals surface area (Å²) >= 11 is 0. The molecule has 1 fully saturated rings. The summed E-state index contributed by atoms with van der Waals surface area (Å²) in [5, 5.41) is 12.1. The van der Waals surface area contributed by atoms with Crippen LogP contribution in [0, 0.1) is 19.8 Å². The van der Waals surface area contributed by atoms with Gasteiger partial charge in [0.05, 0.1) is 16.9 Å². The van der Waals surface area contributed by atoms with Gasteiger partial charge in [0.25, 0.3) is 0 Å². The van der Waals surface area contributed by atoms with Crippen LogP contribution in [0.15, 0.2) is 11.2 Å². The van der Waals surface area contributed by atoms with Gasteiger partial charge in [0.2, 0.25) is 0 Å². The quantitative estimate of drug-likeness (QED) is 0.377. The standard InChI is InChI=1S/C14H22N4O/c1-8-7-12(18(4)10(3)11-5-6-11)13(9(2)16-8)14(15)17-19/h7,10-11,19H,5-6H2,1-4H3,(H2,15,17). The molecule has 0 radical (unpaired) electrons. The molecule has 104 valence electrons. The fourth-order valence-corrected chi connectivity index (χ4v) is 2.57. The van der Waals surface area contributed by atoms with E-state index in [-0.39, 0.29) is 5.84 Å². The first-order chi connectivity index (χ1) is 8.95. The molecule has 1 heterocycles. The van der Waals surface area contributed by atoms with Gasteiger partial charge in [-0.1, -0.05) is 5.16 Å². The van der Waals surface area contributed by atoms with Crippen molar-refractivity contribution in [3.8, 4) is 0 Å². The predicted molar refractivity (Wildman–Crippen MR) is 76.8 cm³/mol. The zero-order valence-electron chi connectivity index (χ0n) is 12.0. The van der Waals surface area contributed by atoms with Crippen LogP contribution in [-0.2, 0) is 0 Å². The average Bonchev–Trinajstić information content (AvgIpc) is 3.19. The lowest BCUT2D eigenvalue weighted by atomic mass is 10.1. The number of anilines is 1. The van der Waals surface area contributed by atoms with Gasteiger partial charge in [0.1, 0.15) is 0 Å². The number of nitrogens with zero attached hydrogens (tertiary/aromatic N) is 3. The van der Waals surface area contributed by atoms with E-state index < -0.39 is 0 Å². The number of hydrogen-bond donors (Lipinski definition) is 2. The van der Waals surface area contributed by atoms with Crippen molar-refractivity contribution in [3.63, 3.8) is 0 Å². The highest BCUT2D eigenvalue weighted by atomic mass is 16.4. The van der Waals surface area contributed by atoms with Gasteiger partial charge in [-0.15, -0.1) is 0 Å². The number of aryl methyl sites for hydroxylation is 2. The highest BCUT2D eigenvalue weighted by Crippen LogP contribution is 2.37. The third-order valence-electron chi connectivity index (χ3n) is 3.97. The number of amidine groups is 1. The summed E-state index contributed by atoms with van der Waals surface area (Å²) in [5.41, 5.74) is 9.25. The molecule has 1 aromatic heterocycles. The lowest BCUT2D eigenvalue weighted by Crippen LogP contribution is -2.33. The Kier molecular flexibility index (Phi) is 3.64. The molecule has 1 aromatic rings. The Labute approximate surface area is 114 Å². The second-order valence-electron chi connectivity index (χ2n) is 5.42. The molecule has 0 amide bonds. The highest BCUT2D eigenvalue weighted by Gasteiger charge is 2.32. The zero-order valence-corrected chi connectivity index (χ0v) is 12.0. The number of aromatic nitrogens is 1. The van der Waals surface area contributed by atoms with Crippen LogP contribution in [0.1, 0.15) is 36.7 Å². The first-order valence-electron chi connectivity index (χ1n) is 6.64. The smallest absolute Gasteiger partial charge is 0.174 e. The Bertz CT molecular complexity index is 508. The van der Waals surface area contributed by atoms with Gasteiger partial charge in [-0.05, 0) is 45.6 Å². The monoisotopic (exact) mass is 262 g/mol. The van der Waals surface area contributed by atoms with Gasteiger partial charge in [-0.25, -0.2) is 0 Å². The average molecular weight is 262 g/mol. The summed E-state index contributed by atoms with van der Waals surface area (Å²) in [5.74, 6) is 0.869. The number of hydrogen-bond acceptors (Lipinski definition) is 4. The minimum Gasteiger partial charge on any atom is -0.409 e. The fourth-order valence-electron chi connectivity index (χ4n) is 2.57. The molecule has 5 heteroatoms. The first kappa shape index (κ1) is 13.6. The second kappa shape index (κ2) is 5.07. The number of rotatable bonds is 4. The van der Waals surface area contributed by atoms with E-state index in [4.69, 9.17) is 10.9 Å². The molecule has 0 spiro atoms. The van der Waals surface area contributed by atoms with E-state index in [2.05, 4.69) is 29.0 Å². The Morgan fingerprint density at radius 3 is 2.68 bits per heavy atom.